The van der Waals surface area contributed by atoms with E-state index in [1.807, 2.05) is 16.6 Å². The fourth-order valence-electron chi connectivity index (χ4n) is 4.66. The van der Waals surface area contributed by atoms with Crippen LogP contribution in [0.4, 0.5) is 0 Å². The minimum Gasteiger partial charge on any atom is -0.351 e. The Bertz CT molecular complexity index is 1080. The number of hydrogen-bond donors (Lipinski definition) is 1. The molecule has 11 heteroatoms. The summed E-state index contributed by atoms with van der Waals surface area (Å²) >= 11 is 7.56. The minimum absolute atomic E-state index is 0.0331. The molecule has 3 heterocycles. The quantitative estimate of drug-likeness (QED) is 0.564. The molecule has 0 spiro atoms. The highest BCUT2D eigenvalue weighted by Crippen LogP contribution is 2.30. The Morgan fingerprint density at radius 1 is 1.31 bits per heavy atom. The third-order valence-corrected chi connectivity index (χ3v) is 9.23. The summed E-state index contributed by atoms with van der Waals surface area (Å²) in [7, 11) is -1.16. The molecule has 0 radical (unpaired) electrons. The number of aromatic nitrogens is 3. The number of carbonyl (C=O) groups excluding carboxylic acids is 1. The number of likely N-dealkylation sites (N-methyl/N-ethyl adjacent to an activating group) is 1. The van der Waals surface area contributed by atoms with Gasteiger partial charge in [0, 0.05) is 23.4 Å². The first kappa shape index (κ1) is 23.6. The maximum atomic E-state index is 12.4. The van der Waals surface area contributed by atoms with E-state index in [1.165, 1.54) is 24.1 Å². The molecule has 2 fully saturated rings. The fourth-order valence-corrected chi connectivity index (χ4v) is 7.39. The highest BCUT2D eigenvalue weighted by atomic mass is 32.2. The van der Waals surface area contributed by atoms with Crippen molar-refractivity contribution in [2.24, 2.45) is 0 Å². The van der Waals surface area contributed by atoms with Crippen LogP contribution in [0.3, 0.4) is 0 Å². The van der Waals surface area contributed by atoms with E-state index in [-0.39, 0.29) is 30.0 Å². The Morgan fingerprint density at radius 3 is 2.75 bits per heavy atom. The van der Waals surface area contributed by atoms with Gasteiger partial charge < -0.3 is 9.88 Å². The molecule has 8 nitrogen and oxygen atoms in total. The van der Waals surface area contributed by atoms with E-state index < -0.39 is 9.84 Å². The van der Waals surface area contributed by atoms with Gasteiger partial charge in [-0.25, -0.2) is 13.1 Å². The van der Waals surface area contributed by atoms with Gasteiger partial charge in [-0.1, -0.05) is 25.3 Å². The molecule has 1 unspecified atom stereocenters. The maximum Gasteiger partial charge on any atom is 0.234 e. The zero-order valence-electron chi connectivity index (χ0n) is 18.4. The summed E-state index contributed by atoms with van der Waals surface area (Å²) < 4.78 is 28.0. The first-order valence-electron chi connectivity index (χ1n) is 11.2. The summed E-state index contributed by atoms with van der Waals surface area (Å²) in [5.41, 5.74) is 0. The lowest BCUT2D eigenvalue weighted by Crippen LogP contribution is -2.42. The van der Waals surface area contributed by atoms with Crippen LogP contribution in [-0.4, -0.2) is 64.7 Å². The van der Waals surface area contributed by atoms with Crippen LogP contribution < -0.4 is 5.32 Å². The van der Waals surface area contributed by atoms with E-state index in [1.54, 1.807) is 11.3 Å². The van der Waals surface area contributed by atoms with Crippen LogP contribution in [0.25, 0.3) is 0 Å². The molecule has 0 aromatic carbocycles. The predicted molar refractivity (Wildman–Crippen MR) is 128 cm³/mol. The number of thiophene rings is 1. The third-order valence-electron chi connectivity index (χ3n) is 6.18. The number of carbonyl (C=O) groups is 1. The second-order valence-corrected chi connectivity index (χ2v) is 12.6. The van der Waals surface area contributed by atoms with Gasteiger partial charge in [-0.15, -0.1) is 11.3 Å². The second kappa shape index (κ2) is 10.1. The largest absolute Gasteiger partial charge is 0.351 e. The highest BCUT2D eigenvalue weighted by molar-refractivity contribution is 7.91. The molecule has 1 atom stereocenters. The average molecular weight is 498 g/mol. The summed E-state index contributed by atoms with van der Waals surface area (Å²) in [5.74, 6) is 0.991. The zero-order chi connectivity index (χ0) is 22.7. The number of rotatable bonds is 8. The first-order valence-corrected chi connectivity index (χ1v) is 14.3. The normalized spacial score (nSPS) is 21.2. The first-order chi connectivity index (χ1) is 15.3. The molecule has 1 saturated heterocycles. The molecule has 1 aliphatic carbocycles. The number of nitrogens with one attached hydrogen (secondary N) is 1. The van der Waals surface area contributed by atoms with Gasteiger partial charge in [0.2, 0.25) is 5.91 Å². The minimum atomic E-state index is -3.02. The Morgan fingerprint density at radius 2 is 2.09 bits per heavy atom. The summed E-state index contributed by atoms with van der Waals surface area (Å²) in [5, 5.41) is 9.78. The molecule has 2 aromatic rings. The van der Waals surface area contributed by atoms with Crippen molar-refractivity contribution in [3.63, 3.8) is 0 Å². The molecule has 1 N–H and O–H groups in total. The molecule has 32 heavy (non-hydrogen) atoms. The monoisotopic (exact) mass is 497 g/mol. The topological polar surface area (TPSA) is 89.2 Å². The summed E-state index contributed by atoms with van der Waals surface area (Å²) in [6.07, 6.45) is 7.20. The van der Waals surface area contributed by atoms with Gasteiger partial charge >= 0.3 is 0 Å². The van der Waals surface area contributed by atoms with Crippen molar-refractivity contribution in [2.75, 3.05) is 25.1 Å². The standard InChI is InChI=1S/C21H31N5O3S3/c1-24(13-20(27)22-16-9-11-32(28,29)14-16)15-25-21(30)26(17-6-3-2-4-7-17)19(23-25)12-18-8-5-10-31-18/h5,8,10,16-17H,2-4,6-7,9,11-15H2,1H3,(H,22,27). The zero-order valence-corrected chi connectivity index (χ0v) is 20.9. The van der Waals surface area contributed by atoms with Crippen LogP contribution in [0, 0.1) is 4.77 Å². The van der Waals surface area contributed by atoms with Crippen molar-refractivity contribution >= 4 is 39.3 Å². The van der Waals surface area contributed by atoms with Gasteiger partial charge in [0.1, 0.15) is 5.82 Å². The van der Waals surface area contributed by atoms with Crippen molar-refractivity contribution in [1.82, 2.24) is 24.6 Å². The Labute approximate surface area is 198 Å². The van der Waals surface area contributed by atoms with Crippen molar-refractivity contribution in [3.8, 4) is 0 Å². The summed E-state index contributed by atoms with van der Waals surface area (Å²) in [6.45, 7) is 0.571. The van der Waals surface area contributed by atoms with Crippen molar-refractivity contribution in [2.45, 2.75) is 63.7 Å². The Kier molecular flexibility index (Phi) is 7.48. The molecule has 4 rings (SSSR count). The molecular weight excluding hydrogens is 466 g/mol. The van der Waals surface area contributed by atoms with Crippen LogP contribution in [0.5, 0.6) is 0 Å². The molecule has 1 aliphatic heterocycles. The van der Waals surface area contributed by atoms with Crippen LogP contribution in [0.15, 0.2) is 17.5 Å². The summed E-state index contributed by atoms with van der Waals surface area (Å²) in [6, 6.07) is 4.28. The number of sulfone groups is 1. The molecular formula is C21H31N5O3S3. The van der Waals surface area contributed by atoms with Gasteiger partial charge in [0.25, 0.3) is 0 Å². The average Bonchev–Trinajstić information content (AvgIpc) is 3.43. The number of hydrogen-bond acceptors (Lipinski definition) is 7. The second-order valence-electron chi connectivity index (χ2n) is 8.94. The molecule has 2 aromatic heterocycles. The van der Waals surface area contributed by atoms with E-state index in [0.717, 1.165) is 25.1 Å². The fraction of sp³-hybridized carbons (Fsp3) is 0.667. The van der Waals surface area contributed by atoms with E-state index in [9.17, 15) is 13.2 Å². The van der Waals surface area contributed by atoms with Gasteiger partial charge in [-0.2, -0.15) is 5.10 Å². The Hall–Kier alpha value is -1.56. The van der Waals surface area contributed by atoms with Gasteiger partial charge in [0.15, 0.2) is 14.6 Å². The molecule has 176 valence electrons. The lowest BCUT2D eigenvalue weighted by molar-refractivity contribution is -0.122. The van der Waals surface area contributed by atoms with E-state index >= 15 is 0 Å². The smallest absolute Gasteiger partial charge is 0.234 e. The highest BCUT2D eigenvalue weighted by Gasteiger charge is 2.29. The van der Waals surface area contributed by atoms with Gasteiger partial charge in [-0.3, -0.25) is 9.69 Å². The Balaban J connectivity index is 1.44. The van der Waals surface area contributed by atoms with Crippen LogP contribution in [0.1, 0.15) is 55.3 Å². The van der Waals surface area contributed by atoms with Crippen LogP contribution >= 0.6 is 23.6 Å². The van der Waals surface area contributed by atoms with Gasteiger partial charge in [0.05, 0.1) is 24.7 Å². The van der Waals surface area contributed by atoms with Crippen molar-refractivity contribution in [3.05, 3.63) is 33.0 Å². The van der Waals surface area contributed by atoms with E-state index in [4.69, 9.17) is 17.3 Å². The molecule has 1 saturated carbocycles. The lowest BCUT2D eigenvalue weighted by Gasteiger charge is -2.24. The SMILES string of the molecule is CN(CC(=O)NC1CCS(=O)(=O)C1)Cn1nc(Cc2cccs2)n(C2CCCCC2)c1=S. The van der Waals surface area contributed by atoms with Gasteiger partial charge in [-0.05, 0) is 50.0 Å². The number of nitrogens with zero attached hydrogens (tertiary/aromatic N) is 4. The summed E-state index contributed by atoms with van der Waals surface area (Å²) in [4.78, 5) is 15.5. The van der Waals surface area contributed by atoms with E-state index in [2.05, 4.69) is 27.4 Å². The third kappa shape index (κ3) is 5.86. The molecule has 2 aliphatic rings. The van der Waals surface area contributed by atoms with Crippen LogP contribution in [-0.2, 0) is 27.7 Å². The van der Waals surface area contributed by atoms with Crippen LogP contribution in [0.2, 0.25) is 0 Å². The number of amides is 1. The molecule has 0 bridgehead atoms. The van der Waals surface area contributed by atoms with Crippen molar-refractivity contribution < 1.29 is 13.2 Å². The van der Waals surface area contributed by atoms with Crippen molar-refractivity contribution in [1.29, 1.82) is 0 Å². The van der Waals surface area contributed by atoms with E-state index in [0.29, 0.717) is 23.9 Å². The lowest BCUT2D eigenvalue weighted by atomic mass is 9.95. The predicted octanol–water partition coefficient (Wildman–Crippen LogP) is 2.76. The maximum absolute atomic E-state index is 12.4. The molecule has 1 amide bonds.